The second kappa shape index (κ2) is 13.1. The highest BCUT2D eigenvalue weighted by atomic mass is 14.9. The lowest BCUT2D eigenvalue weighted by atomic mass is 9.89. The summed E-state index contributed by atoms with van der Waals surface area (Å²) in [7, 11) is 0. The van der Waals surface area contributed by atoms with Crippen molar-refractivity contribution >= 4 is 43.1 Å². The van der Waals surface area contributed by atoms with Crippen LogP contribution in [0.15, 0.2) is 200 Å². The standard InChI is InChI=1S/C53H33N3/c1-2-9-45-36(5-1)6-4-10-46(45)37-15-23-44(24-16-37)53-55-49(39-17-11-34(12-18-39)35-29-31-54-32-30-35)33-50(56-53)40-19-13-38(14-20-40)47-27-25-43-22-21-41-7-3-8-42-26-28-48(47)52(43)51(41)42/h1-33H. The van der Waals surface area contributed by atoms with Gasteiger partial charge in [0, 0.05) is 29.1 Å². The third kappa shape index (κ3) is 5.49. The van der Waals surface area contributed by atoms with Crippen LogP contribution in [0.3, 0.4) is 0 Å². The molecule has 56 heavy (non-hydrogen) atoms. The van der Waals surface area contributed by atoms with Crippen LogP contribution in [0.1, 0.15) is 0 Å². The van der Waals surface area contributed by atoms with Gasteiger partial charge in [0.1, 0.15) is 0 Å². The van der Waals surface area contributed by atoms with Gasteiger partial charge in [0.2, 0.25) is 0 Å². The topological polar surface area (TPSA) is 38.7 Å². The molecule has 0 saturated carbocycles. The SMILES string of the molecule is c1ccc2c(-c3ccc(-c4nc(-c5ccc(-c6ccncc6)cc5)cc(-c5ccc(-c6ccc7ccc8cccc9ccc6c7c89)cc5)n4)cc3)cccc2c1. The number of fused-ring (bicyclic) bond motifs is 1. The molecule has 9 aromatic carbocycles. The molecule has 11 rings (SSSR count). The van der Waals surface area contributed by atoms with E-state index in [2.05, 4.69) is 181 Å². The van der Waals surface area contributed by atoms with Crippen LogP contribution in [-0.2, 0) is 0 Å². The predicted molar refractivity (Wildman–Crippen MR) is 234 cm³/mol. The van der Waals surface area contributed by atoms with E-state index < -0.39 is 0 Å². The van der Waals surface area contributed by atoms with Gasteiger partial charge in [0.05, 0.1) is 11.4 Å². The summed E-state index contributed by atoms with van der Waals surface area (Å²) in [5.74, 6) is 0.691. The lowest BCUT2D eigenvalue weighted by Crippen LogP contribution is -1.96. The largest absolute Gasteiger partial charge is 0.265 e. The Morgan fingerprint density at radius 1 is 0.286 bits per heavy atom. The number of benzene rings is 9. The second-order valence-corrected chi connectivity index (χ2v) is 14.4. The minimum absolute atomic E-state index is 0.691. The van der Waals surface area contributed by atoms with Crippen LogP contribution in [0.4, 0.5) is 0 Å². The van der Waals surface area contributed by atoms with Crippen LogP contribution >= 0.6 is 0 Å². The van der Waals surface area contributed by atoms with Gasteiger partial charge in [0.15, 0.2) is 5.82 Å². The highest BCUT2D eigenvalue weighted by Gasteiger charge is 2.15. The van der Waals surface area contributed by atoms with Crippen molar-refractivity contribution < 1.29 is 0 Å². The highest BCUT2D eigenvalue weighted by Crippen LogP contribution is 2.40. The molecule has 260 valence electrons. The van der Waals surface area contributed by atoms with Gasteiger partial charge < -0.3 is 0 Å². The quantitative estimate of drug-likeness (QED) is 0.161. The summed E-state index contributed by atoms with van der Waals surface area (Å²) in [6.45, 7) is 0. The average Bonchev–Trinajstić information content (AvgIpc) is 3.28. The Morgan fingerprint density at radius 2 is 0.768 bits per heavy atom. The minimum atomic E-state index is 0.691. The molecule has 0 amide bonds. The van der Waals surface area contributed by atoms with Crippen LogP contribution in [0, 0.1) is 0 Å². The van der Waals surface area contributed by atoms with Crippen molar-refractivity contribution in [3.8, 4) is 67.3 Å². The lowest BCUT2D eigenvalue weighted by Gasteiger charge is -2.14. The Kier molecular flexibility index (Phi) is 7.49. The predicted octanol–water partition coefficient (Wildman–Crippen LogP) is 13.9. The van der Waals surface area contributed by atoms with Crippen LogP contribution < -0.4 is 0 Å². The number of hydrogen-bond donors (Lipinski definition) is 0. The van der Waals surface area contributed by atoms with Crippen molar-refractivity contribution in [2.75, 3.05) is 0 Å². The molecule has 2 aromatic heterocycles. The van der Waals surface area contributed by atoms with Gasteiger partial charge in [-0.25, -0.2) is 9.97 Å². The summed E-state index contributed by atoms with van der Waals surface area (Å²) in [6, 6.07) is 67.4. The Morgan fingerprint density at radius 3 is 1.46 bits per heavy atom. The third-order valence-electron chi connectivity index (χ3n) is 11.2. The van der Waals surface area contributed by atoms with Gasteiger partial charge in [-0.15, -0.1) is 0 Å². The van der Waals surface area contributed by atoms with Crippen molar-refractivity contribution in [1.29, 1.82) is 0 Å². The molecule has 0 spiro atoms. The zero-order chi connectivity index (χ0) is 37.0. The summed E-state index contributed by atoms with van der Waals surface area (Å²) in [6.07, 6.45) is 3.65. The molecule has 0 aliphatic rings. The minimum Gasteiger partial charge on any atom is -0.265 e. The van der Waals surface area contributed by atoms with Gasteiger partial charge in [-0.05, 0) is 94.7 Å². The van der Waals surface area contributed by atoms with Crippen LogP contribution in [-0.4, -0.2) is 15.0 Å². The summed E-state index contributed by atoms with van der Waals surface area (Å²) in [5.41, 5.74) is 11.8. The fourth-order valence-electron chi connectivity index (χ4n) is 8.33. The average molecular weight is 712 g/mol. The number of pyridine rings is 1. The summed E-state index contributed by atoms with van der Waals surface area (Å²) in [5, 5.41) is 10.2. The molecule has 0 atom stereocenters. The number of nitrogens with zero attached hydrogens (tertiary/aromatic N) is 3. The summed E-state index contributed by atoms with van der Waals surface area (Å²) in [4.78, 5) is 14.6. The van der Waals surface area contributed by atoms with E-state index in [1.165, 1.54) is 59.8 Å². The Bertz CT molecular complexity index is 3180. The maximum absolute atomic E-state index is 5.21. The van der Waals surface area contributed by atoms with E-state index in [4.69, 9.17) is 9.97 Å². The molecule has 11 aromatic rings. The van der Waals surface area contributed by atoms with Crippen LogP contribution in [0.5, 0.6) is 0 Å². The fourth-order valence-corrected chi connectivity index (χ4v) is 8.33. The highest BCUT2D eigenvalue weighted by molar-refractivity contribution is 6.25. The van der Waals surface area contributed by atoms with E-state index in [1.807, 2.05) is 24.5 Å². The van der Waals surface area contributed by atoms with E-state index in [0.717, 1.165) is 44.8 Å². The van der Waals surface area contributed by atoms with Gasteiger partial charge in [-0.3, -0.25) is 4.98 Å². The maximum atomic E-state index is 5.21. The van der Waals surface area contributed by atoms with Crippen molar-refractivity contribution in [2.24, 2.45) is 0 Å². The lowest BCUT2D eigenvalue weighted by molar-refractivity contribution is 1.18. The molecule has 3 heteroatoms. The molecule has 0 aliphatic carbocycles. The number of aromatic nitrogens is 3. The maximum Gasteiger partial charge on any atom is 0.160 e. The smallest absolute Gasteiger partial charge is 0.160 e. The van der Waals surface area contributed by atoms with Gasteiger partial charge in [0.25, 0.3) is 0 Å². The van der Waals surface area contributed by atoms with Crippen molar-refractivity contribution in [1.82, 2.24) is 15.0 Å². The van der Waals surface area contributed by atoms with Crippen LogP contribution in [0.25, 0.3) is 110 Å². The number of rotatable bonds is 6. The molecule has 3 nitrogen and oxygen atoms in total. The second-order valence-electron chi connectivity index (χ2n) is 14.4. The van der Waals surface area contributed by atoms with Crippen molar-refractivity contribution in [3.63, 3.8) is 0 Å². The molecule has 0 saturated heterocycles. The first-order chi connectivity index (χ1) is 27.7. The summed E-state index contributed by atoms with van der Waals surface area (Å²) < 4.78 is 0. The van der Waals surface area contributed by atoms with Gasteiger partial charge in [-0.2, -0.15) is 0 Å². The Balaban J connectivity index is 1.000. The zero-order valence-corrected chi connectivity index (χ0v) is 30.4. The Hall–Kier alpha value is -7.49. The van der Waals surface area contributed by atoms with E-state index in [1.54, 1.807) is 0 Å². The molecular formula is C53H33N3. The molecular weight excluding hydrogens is 679 g/mol. The third-order valence-corrected chi connectivity index (χ3v) is 11.2. The Labute approximate surface area is 324 Å². The molecule has 0 N–H and O–H groups in total. The molecule has 0 aliphatic heterocycles. The van der Waals surface area contributed by atoms with Gasteiger partial charge >= 0.3 is 0 Å². The zero-order valence-electron chi connectivity index (χ0n) is 30.4. The first-order valence-corrected chi connectivity index (χ1v) is 19.0. The molecule has 0 unspecified atom stereocenters. The van der Waals surface area contributed by atoms with Crippen LogP contribution in [0.2, 0.25) is 0 Å². The molecule has 0 bridgehead atoms. The van der Waals surface area contributed by atoms with Crippen molar-refractivity contribution in [3.05, 3.63) is 200 Å². The monoisotopic (exact) mass is 711 g/mol. The van der Waals surface area contributed by atoms with E-state index in [-0.39, 0.29) is 0 Å². The number of hydrogen-bond acceptors (Lipinski definition) is 3. The molecule has 0 fully saturated rings. The van der Waals surface area contributed by atoms with E-state index in [9.17, 15) is 0 Å². The summed E-state index contributed by atoms with van der Waals surface area (Å²) >= 11 is 0. The molecule has 0 radical (unpaired) electrons. The first-order valence-electron chi connectivity index (χ1n) is 19.0. The molecule has 2 heterocycles. The van der Waals surface area contributed by atoms with Crippen molar-refractivity contribution in [2.45, 2.75) is 0 Å². The first kappa shape index (κ1) is 32.0. The van der Waals surface area contributed by atoms with E-state index >= 15 is 0 Å². The van der Waals surface area contributed by atoms with E-state index in [0.29, 0.717) is 5.82 Å². The van der Waals surface area contributed by atoms with Gasteiger partial charge in [-0.1, -0.05) is 170 Å². The normalized spacial score (nSPS) is 11.6. The fraction of sp³-hybridized carbons (Fsp3) is 0.